The van der Waals surface area contributed by atoms with Crippen LogP contribution in [0.2, 0.25) is 0 Å². The van der Waals surface area contributed by atoms with Gasteiger partial charge in [0.1, 0.15) is 23.1 Å². The van der Waals surface area contributed by atoms with Gasteiger partial charge in [0, 0.05) is 11.6 Å². The lowest BCUT2D eigenvalue weighted by atomic mass is 10.00. The van der Waals surface area contributed by atoms with Crippen LogP contribution in [0.15, 0.2) is 24.3 Å². The Balaban J connectivity index is 2.52. The molecule has 0 bridgehead atoms. The number of rotatable bonds is 3. The van der Waals surface area contributed by atoms with Crippen LogP contribution in [0.5, 0.6) is 0 Å². The molecule has 1 heterocycles. The highest BCUT2D eigenvalue weighted by molar-refractivity contribution is 5.72. The van der Waals surface area contributed by atoms with Gasteiger partial charge in [-0.05, 0) is 25.3 Å². The van der Waals surface area contributed by atoms with E-state index in [1.807, 2.05) is 26.0 Å². The molecule has 0 saturated carbocycles. The summed E-state index contributed by atoms with van der Waals surface area (Å²) in [4.78, 5) is 0. The molecule has 2 rings (SSSR count). The predicted octanol–water partition coefficient (Wildman–Crippen LogP) is 3.71. The van der Waals surface area contributed by atoms with E-state index in [9.17, 15) is 5.26 Å². The summed E-state index contributed by atoms with van der Waals surface area (Å²) in [6.07, 6.45) is 0. The fourth-order valence-electron chi connectivity index (χ4n) is 2.18. The Kier molecular flexibility index (Phi) is 3.80. The fraction of sp³-hybridized carbons (Fsp3) is 0.375. The lowest BCUT2D eigenvalue weighted by Gasteiger charge is -2.07. The Labute approximate surface area is 119 Å². The van der Waals surface area contributed by atoms with Gasteiger partial charge in [0.25, 0.3) is 0 Å². The first-order valence-electron chi connectivity index (χ1n) is 6.84. The van der Waals surface area contributed by atoms with Crippen molar-refractivity contribution in [3.8, 4) is 17.3 Å². The van der Waals surface area contributed by atoms with Gasteiger partial charge >= 0.3 is 0 Å². The molecular formula is C16H20N4. The summed E-state index contributed by atoms with van der Waals surface area (Å²) in [6, 6.07) is 10.5. The van der Waals surface area contributed by atoms with Crippen LogP contribution in [-0.4, -0.2) is 9.78 Å². The average molecular weight is 268 g/mol. The standard InChI is InChI=1S/C16H20N4/c1-10(2)12-5-7-13(8-6-12)15-14(9-17)16(18)20(19-15)11(3)4/h5-8,10-11H,18H2,1-4H3. The fourth-order valence-corrected chi connectivity index (χ4v) is 2.18. The number of aromatic nitrogens is 2. The zero-order valence-corrected chi connectivity index (χ0v) is 12.4. The van der Waals surface area contributed by atoms with Crippen molar-refractivity contribution in [1.82, 2.24) is 9.78 Å². The Hall–Kier alpha value is -2.28. The first-order chi connectivity index (χ1) is 9.45. The summed E-state index contributed by atoms with van der Waals surface area (Å²) in [6.45, 7) is 8.30. The summed E-state index contributed by atoms with van der Waals surface area (Å²) in [5.74, 6) is 0.920. The van der Waals surface area contributed by atoms with Gasteiger partial charge in [-0.2, -0.15) is 10.4 Å². The van der Waals surface area contributed by atoms with Gasteiger partial charge < -0.3 is 5.73 Å². The van der Waals surface area contributed by atoms with Crippen molar-refractivity contribution < 1.29 is 0 Å². The first kappa shape index (κ1) is 14.1. The number of nitrogens with two attached hydrogens (primary N) is 1. The zero-order chi connectivity index (χ0) is 14.9. The van der Waals surface area contributed by atoms with E-state index in [0.29, 0.717) is 23.0 Å². The minimum atomic E-state index is 0.130. The van der Waals surface area contributed by atoms with Crippen LogP contribution in [0, 0.1) is 11.3 Å². The lowest BCUT2D eigenvalue weighted by Crippen LogP contribution is -2.07. The van der Waals surface area contributed by atoms with Crippen LogP contribution in [-0.2, 0) is 0 Å². The zero-order valence-electron chi connectivity index (χ0n) is 12.4. The summed E-state index contributed by atoms with van der Waals surface area (Å²) in [5, 5.41) is 13.8. The molecule has 4 nitrogen and oxygen atoms in total. The number of nitrogens with zero attached hydrogens (tertiary/aromatic N) is 3. The maximum Gasteiger partial charge on any atom is 0.140 e. The van der Waals surface area contributed by atoms with Gasteiger partial charge in [-0.15, -0.1) is 0 Å². The van der Waals surface area contributed by atoms with Gasteiger partial charge in [-0.1, -0.05) is 38.1 Å². The van der Waals surface area contributed by atoms with Crippen molar-refractivity contribution in [2.75, 3.05) is 5.73 Å². The second-order valence-corrected chi connectivity index (χ2v) is 5.54. The SMILES string of the molecule is CC(C)c1ccc(-c2nn(C(C)C)c(N)c2C#N)cc1. The number of nitrogen functional groups attached to an aromatic ring is 1. The highest BCUT2D eigenvalue weighted by atomic mass is 15.3. The molecule has 1 aromatic carbocycles. The van der Waals surface area contributed by atoms with Crippen molar-refractivity contribution in [3.63, 3.8) is 0 Å². The molecule has 0 spiro atoms. The molecule has 0 atom stereocenters. The molecule has 0 aliphatic rings. The highest BCUT2D eigenvalue weighted by Crippen LogP contribution is 2.29. The van der Waals surface area contributed by atoms with Gasteiger partial charge in [-0.25, -0.2) is 4.68 Å². The van der Waals surface area contributed by atoms with Gasteiger partial charge in [-0.3, -0.25) is 0 Å². The third-order valence-electron chi connectivity index (χ3n) is 3.40. The smallest absolute Gasteiger partial charge is 0.140 e. The monoisotopic (exact) mass is 268 g/mol. The number of benzene rings is 1. The van der Waals surface area contributed by atoms with Crippen LogP contribution in [0.1, 0.15) is 50.8 Å². The summed E-state index contributed by atoms with van der Waals surface area (Å²) < 4.78 is 1.70. The van der Waals surface area contributed by atoms with Gasteiger partial charge in [0.2, 0.25) is 0 Å². The van der Waals surface area contributed by atoms with E-state index in [4.69, 9.17) is 5.73 Å². The number of hydrogen-bond acceptors (Lipinski definition) is 3. The van der Waals surface area contributed by atoms with E-state index >= 15 is 0 Å². The quantitative estimate of drug-likeness (QED) is 0.922. The van der Waals surface area contributed by atoms with Crippen LogP contribution >= 0.6 is 0 Å². The Bertz CT molecular complexity index is 642. The number of nitriles is 1. The molecule has 2 aromatic rings. The third kappa shape index (κ3) is 2.39. The molecule has 0 aliphatic heterocycles. The van der Waals surface area contributed by atoms with Gasteiger partial charge in [0.15, 0.2) is 0 Å². The van der Waals surface area contributed by atoms with Crippen molar-refractivity contribution >= 4 is 5.82 Å². The third-order valence-corrected chi connectivity index (χ3v) is 3.40. The van der Waals surface area contributed by atoms with Crippen LogP contribution in [0.3, 0.4) is 0 Å². The molecule has 1 aromatic heterocycles. The molecule has 0 amide bonds. The lowest BCUT2D eigenvalue weighted by molar-refractivity contribution is 0.542. The molecule has 0 unspecified atom stereocenters. The van der Waals surface area contributed by atoms with E-state index in [2.05, 4.69) is 37.1 Å². The highest BCUT2D eigenvalue weighted by Gasteiger charge is 2.18. The maximum atomic E-state index is 9.32. The van der Waals surface area contributed by atoms with Crippen molar-refractivity contribution in [1.29, 1.82) is 5.26 Å². The van der Waals surface area contributed by atoms with Crippen molar-refractivity contribution in [2.24, 2.45) is 0 Å². The Morgan fingerprint density at radius 3 is 2.20 bits per heavy atom. The van der Waals surface area contributed by atoms with Crippen LogP contribution in [0.4, 0.5) is 5.82 Å². The van der Waals surface area contributed by atoms with E-state index in [1.54, 1.807) is 4.68 Å². The second kappa shape index (κ2) is 5.38. The second-order valence-electron chi connectivity index (χ2n) is 5.54. The molecule has 20 heavy (non-hydrogen) atoms. The minimum absolute atomic E-state index is 0.130. The molecule has 0 radical (unpaired) electrons. The molecule has 0 aliphatic carbocycles. The molecule has 0 fully saturated rings. The van der Waals surface area contributed by atoms with E-state index in [-0.39, 0.29) is 6.04 Å². The number of anilines is 1. The van der Waals surface area contributed by atoms with E-state index < -0.39 is 0 Å². The predicted molar refractivity (Wildman–Crippen MR) is 81.3 cm³/mol. The normalized spacial score (nSPS) is 11.1. The summed E-state index contributed by atoms with van der Waals surface area (Å²) in [7, 11) is 0. The topological polar surface area (TPSA) is 67.6 Å². The van der Waals surface area contributed by atoms with Crippen molar-refractivity contribution in [3.05, 3.63) is 35.4 Å². The molecule has 4 heteroatoms. The Morgan fingerprint density at radius 2 is 1.75 bits per heavy atom. The molecule has 104 valence electrons. The average Bonchev–Trinajstić information content (AvgIpc) is 2.75. The maximum absolute atomic E-state index is 9.32. The first-order valence-corrected chi connectivity index (χ1v) is 6.84. The van der Waals surface area contributed by atoms with Crippen molar-refractivity contribution in [2.45, 2.75) is 39.7 Å². The van der Waals surface area contributed by atoms with E-state index in [0.717, 1.165) is 5.56 Å². The number of hydrogen-bond donors (Lipinski definition) is 1. The van der Waals surface area contributed by atoms with E-state index in [1.165, 1.54) is 5.56 Å². The van der Waals surface area contributed by atoms with Crippen LogP contribution < -0.4 is 5.73 Å². The van der Waals surface area contributed by atoms with Crippen LogP contribution in [0.25, 0.3) is 11.3 Å². The van der Waals surface area contributed by atoms with Gasteiger partial charge in [0.05, 0.1) is 0 Å². The molecular weight excluding hydrogens is 248 g/mol. The summed E-state index contributed by atoms with van der Waals surface area (Å²) >= 11 is 0. The largest absolute Gasteiger partial charge is 0.383 e. The molecule has 2 N–H and O–H groups in total. The summed E-state index contributed by atoms with van der Waals surface area (Å²) in [5.41, 5.74) is 9.32. The molecule has 0 saturated heterocycles. The minimum Gasteiger partial charge on any atom is -0.383 e. The Morgan fingerprint density at radius 1 is 1.15 bits per heavy atom.